The summed E-state index contributed by atoms with van der Waals surface area (Å²) in [5, 5.41) is 8.42. The number of esters is 1. The Morgan fingerprint density at radius 3 is 2.77 bits per heavy atom. The van der Waals surface area contributed by atoms with Crippen LogP contribution in [0.3, 0.4) is 0 Å². The molecule has 0 radical (unpaired) electrons. The Labute approximate surface area is 84.7 Å². The van der Waals surface area contributed by atoms with E-state index in [0.717, 1.165) is 9.35 Å². The van der Waals surface area contributed by atoms with E-state index < -0.39 is 0 Å². The molecule has 0 aliphatic rings. The lowest BCUT2D eigenvalue weighted by molar-refractivity contribution is -0.139. The van der Waals surface area contributed by atoms with Crippen LogP contribution in [0.2, 0.25) is 0 Å². The Morgan fingerprint density at radius 1 is 1.62 bits per heavy atom. The van der Waals surface area contributed by atoms with Gasteiger partial charge >= 0.3 is 5.97 Å². The zero-order chi connectivity index (χ0) is 9.84. The molecule has 1 heterocycles. The van der Waals surface area contributed by atoms with Crippen molar-refractivity contribution < 1.29 is 9.53 Å². The molecule has 0 aromatic carbocycles. The molecular weight excluding hydrogens is 208 g/mol. The summed E-state index contributed by atoms with van der Waals surface area (Å²) in [4.78, 5) is 11.0. The average molecular weight is 218 g/mol. The van der Waals surface area contributed by atoms with Gasteiger partial charge in [0, 0.05) is 0 Å². The van der Waals surface area contributed by atoms with Crippen LogP contribution >= 0.6 is 23.1 Å². The molecule has 0 bridgehead atoms. The second-order valence-corrected chi connectivity index (χ2v) is 5.14. The van der Waals surface area contributed by atoms with E-state index >= 15 is 0 Å². The monoisotopic (exact) mass is 218 g/mol. The van der Waals surface area contributed by atoms with Crippen molar-refractivity contribution in [3.8, 4) is 0 Å². The fourth-order valence-electron chi connectivity index (χ4n) is 0.691. The normalized spacial score (nSPS) is 12.5. The van der Waals surface area contributed by atoms with Gasteiger partial charge in [0.2, 0.25) is 0 Å². The third-order valence-corrected chi connectivity index (χ3v) is 3.32. The van der Waals surface area contributed by atoms with E-state index in [-0.39, 0.29) is 11.2 Å². The van der Waals surface area contributed by atoms with Gasteiger partial charge in [-0.05, 0) is 13.8 Å². The predicted molar refractivity (Wildman–Crippen MR) is 52.0 cm³/mol. The molecule has 0 fully saturated rings. The van der Waals surface area contributed by atoms with Crippen molar-refractivity contribution in [3.05, 3.63) is 5.01 Å². The van der Waals surface area contributed by atoms with Crippen LogP contribution in [-0.4, -0.2) is 28.5 Å². The van der Waals surface area contributed by atoms with Crippen LogP contribution < -0.4 is 0 Å². The van der Waals surface area contributed by atoms with Gasteiger partial charge in [0.1, 0.15) is 10.3 Å². The van der Waals surface area contributed by atoms with Crippen molar-refractivity contribution in [2.45, 2.75) is 23.4 Å². The van der Waals surface area contributed by atoms with Crippen molar-refractivity contribution in [1.29, 1.82) is 0 Å². The van der Waals surface area contributed by atoms with E-state index in [1.54, 1.807) is 6.92 Å². The molecule has 0 spiro atoms. The SMILES string of the molecule is COC(=O)C(C)Sc1nnc(C)s1. The summed E-state index contributed by atoms with van der Waals surface area (Å²) in [5.74, 6) is -0.238. The van der Waals surface area contributed by atoms with Gasteiger partial charge in [-0.1, -0.05) is 23.1 Å². The Balaban J connectivity index is 2.54. The van der Waals surface area contributed by atoms with Crippen LogP contribution in [0.1, 0.15) is 11.9 Å². The molecule has 0 aliphatic heterocycles. The molecule has 1 atom stereocenters. The standard InChI is InChI=1S/C7H10N2O2S2/c1-4(6(10)11-3)12-7-9-8-5(2)13-7/h4H,1-3H3. The first-order valence-corrected chi connectivity index (χ1v) is 5.37. The molecule has 72 valence electrons. The average Bonchev–Trinajstić information content (AvgIpc) is 2.49. The third-order valence-electron chi connectivity index (χ3n) is 1.32. The summed E-state index contributed by atoms with van der Waals surface area (Å²) in [6.07, 6.45) is 0. The van der Waals surface area contributed by atoms with Crippen molar-refractivity contribution >= 4 is 29.1 Å². The fraction of sp³-hybridized carbons (Fsp3) is 0.571. The topological polar surface area (TPSA) is 52.1 Å². The zero-order valence-electron chi connectivity index (χ0n) is 7.60. The Bertz CT molecular complexity index is 300. The first-order chi connectivity index (χ1) is 6.13. The number of hydrogen-bond donors (Lipinski definition) is 0. The number of methoxy groups -OCH3 is 1. The maximum atomic E-state index is 11.0. The molecule has 0 amide bonds. The van der Waals surface area contributed by atoms with Crippen LogP contribution in [-0.2, 0) is 9.53 Å². The first kappa shape index (κ1) is 10.5. The van der Waals surface area contributed by atoms with E-state index in [0.29, 0.717) is 0 Å². The number of rotatable bonds is 3. The van der Waals surface area contributed by atoms with Gasteiger partial charge in [-0.2, -0.15) is 0 Å². The largest absolute Gasteiger partial charge is 0.468 e. The zero-order valence-corrected chi connectivity index (χ0v) is 9.24. The number of hydrogen-bond acceptors (Lipinski definition) is 6. The second-order valence-electron chi connectivity index (χ2n) is 2.37. The van der Waals surface area contributed by atoms with E-state index in [2.05, 4.69) is 14.9 Å². The second kappa shape index (κ2) is 4.57. The van der Waals surface area contributed by atoms with E-state index in [9.17, 15) is 4.79 Å². The highest BCUT2D eigenvalue weighted by molar-refractivity contribution is 8.02. The maximum Gasteiger partial charge on any atom is 0.318 e. The molecule has 0 saturated heterocycles. The molecule has 1 aromatic heterocycles. The van der Waals surface area contributed by atoms with E-state index in [4.69, 9.17) is 0 Å². The molecule has 1 aromatic rings. The number of carbonyl (C=O) groups is 1. The first-order valence-electron chi connectivity index (χ1n) is 3.68. The lowest BCUT2D eigenvalue weighted by atomic mass is 10.5. The minimum atomic E-state index is -0.238. The van der Waals surface area contributed by atoms with E-state index in [1.165, 1.54) is 30.2 Å². The molecule has 0 aliphatic carbocycles. The van der Waals surface area contributed by atoms with Crippen LogP contribution in [0.5, 0.6) is 0 Å². The minimum Gasteiger partial charge on any atom is -0.468 e. The smallest absolute Gasteiger partial charge is 0.318 e. The molecule has 0 N–H and O–H groups in total. The number of nitrogens with zero attached hydrogens (tertiary/aromatic N) is 2. The summed E-state index contributed by atoms with van der Waals surface area (Å²) < 4.78 is 5.39. The van der Waals surface area contributed by atoms with Gasteiger partial charge in [-0.25, -0.2) is 0 Å². The highest BCUT2D eigenvalue weighted by Gasteiger charge is 2.16. The fourth-order valence-corrected chi connectivity index (χ4v) is 2.68. The van der Waals surface area contributed by atoms with Gasteiger partial charge in [0.15, 0.2) is 4.34 Å². The highest BCUT2D eigenvalue weighted by atomic mass is 32.2. The molecule has 13 heavy (non-hydrogen) atoms. The van der Waals surface area contributed by atoms with Crippen molar-refractivity contribution in [2.24, 2.45) is 0 Å². The maximum absolute atomic E-state index is 11.0. The van der Waals surface area contributed by atoms with Crippen molar-refractivity contribution in [3.63, 3.8) is 0 Å². The van der Waals surface area contributed by atoms with Gasteiger partial charge in [-0.15, -0.1) is 10.2 Å². The lowest BCUT2D eigenvalue weighted by Crippen LogP contribution is -2.14. The molecular formula is C7H10N2O2S2. The summed E-state index contributed by atoms with van der Waals surface area (Å²) >= 11 is 2.84. The van der Waals surface area contributed by atoms with Gasteiger partial charge in [0.05, 0.1) is 7.11 Å². The number of aromatic nitrogens is 2. The van der Waals surface area contributed by atoms with E-state index in [1.807, 2.05) is 6.92 Å². The third kappa shape index (κ3) is 2.96. The summed E-state index contributed by atoms with van der Waals surface area (Å²) in [7, 11) is 1.38. The summed E-state index contributed by atoms with van der Waals surface area (Å²) in [6, 6.07) is 0. The van der Waals surface area contributed by atoms with Crippen LogP contribution in [0.4, 0.5) is 0 Å². The predicted octanol–water partition coefficient (Wildman–Crippen LogP) is 1.50. The van der Waals surface area contributed by atoms with Crippen molar-refractivity contribution in [1.82, 2.24) is 10.2 Å². The molecule has 0 saturated carbocycles. The molecule has 4 nitrogen and oxygen atoms in total. The number of aryl methyl sites for hydroxylation is 1. The molecule has 1 rings (SSSR count). The number of ether oxygens (including phenoxy) is 1. The van der Waals surface area contributed by atoms with Crippen LogP contribution in [0, 0.1) is 6.92 Å². The van der Waals surface area contributed by atoms with Crippen LogP contribution in [0.15, 0.2) is 4.34 Å². The van der Waals surface area contributed by atoms with Gasteiger partial charge < -0.3 is 4.74 Å². The molecule has 1 unspecified atom stereocenters. The lowest BCUT2D eigenvalue weighted by Gasteiger charge is -2.04. The Kier molecular flexibility index (Phi) is 3.68. The minimum absolute atomic E-state index is 0.225. The Hall–Kier alpha value is -0.620. The quantitative estimate of drug-likeness (QED) is 0.568. The Morgan fingerprint density at radius 2 is 2.31 bits per heavy atom. The number of carbonyl (C=O) groups excluding carboxylic acids is 1. The highest BCUT2D eigenvalue weighted by Crippen LogP contribution is 2.26. The van der Waals surface area contributed by atoms with Crippen LogP contribution in [0.25, 0.3) is 0 Å². The van der Waals surface area contributed by atoms with Crippen molar-refractivity contribution in [2.75, 3.05) is 7.11 Å². The van der Waals surface area contributed by atoms with Gasteiger partial charge in [0.25, 0.3) is 0 Å². The summed E-state index contributed by atoms with van der Waals surface area (Å²) in [6.45, 7) is 3.66. The van der Waals surface area contributed by atoms with Gasteiger partial charge in [-0.3, -0.25) is 4.79 Å². The summed E-state index contributed by atoms with van der Waals surface area (Å²) in [5.41, 5.74) is 0. The number of thioether (sulfide) groups is 1. The molecule has 6 heteroatoms.